The van der Waals surface area contributed by atoms with E-state index in [1.54, 1.807) is 0 Å². The monoisotopic (exact) mass is 454 g/mol. The van der Waals surface area contributed by atoms with Crippen LogP contribution in [-0.2, 0) is 29.1 Å². The molecule has 0 spiro atoms. The molecule has 0 bridgehead atoms. The number of halogens is 1. The van der Waals surface area contributed by atoms with Crippen LogP contribution in [0, 0.1) is 5.92 Å². The summed E-state index contributed by atoms with van der Waals surface area (Å²) in [5, 5.41) is 0. The minimum atomic E-state index is -0.471. The molecular formula is C23H23BrN2O3. The first kappa shape index (κ1) is 21.0. The highest BCUT2D eigenvalue weighted by Gasteiger charge is 2.20. The molecule has 29 heavy (non-hydrogen) atoms. The summed E-state index contributed by atoms with van der Waals surface area (Å²) in [6.45, 7) is 4.04. The third kappa shape index (κ3) is 5.41. The lowest BCUT2D eigenvalue weighted by Gasteiger charge is -2.16. The van der Waals surface area contributed by atoms with E-state index in [1.165, 1.54) is 4.57 Å². The molecule has 3 rings (SSSR count). The van der Waals surface area contributed by atoms with E-state index in [4.69, 9.17) is 4.74 Å². The molecule has 0 saturated heterocycles. The van der Waals surface area contributed by atoms with Crippen LogP contribution in [0.4, 0.5) is 0 Å². The molecule has 0 amide bonds. The predicted molar refractivity (Wildman–Crippen MR) is 116 cm³/mol. The van der Waals surface area contributed by atoms with Crippen LogP contribution >= 0.6 is 15.9 Å². The second-order valence-corrected chi connectivity index (χ2v) is 7.95. The van der Waals surface area contributed by atoms with E-state index in [9.17, 15) is 9.59 Å². The van der Waals surface area contributed by atoms with Gasteiger partial charge in [0.05, 0.1) is 5.69 Å². The van der Waals surface area contributed by atoms with Crippen LogP contribution in [0.2, 0.25) is 0 Å². The molecule has 6 heteroatoms. The smallest absolute Gasteiger partial charge is 0.326 e. The Bertz CT molecular complexity index is 1030. The van der Waals surface area contributed by atoms with Gasteiger partial charge in [0, 0.05) is 5.56 Å². The Labute approximate surface area is 178 Å². The number of rotatable bonds is 7. The van der Waals surface area contributed by atoms with Crippen molar-refractivity contribution < 1.29 is 9.53 Å². The zero-order chi connectivity index (χ0) is 20.8. The average molecular weight is 455 g/mol. The molecule has 0 aliphatic rings. The highest BCUT2D eigenvalue weighted by Crippen LogP contribution is 2.26. The maximum Gasteiger partial charge on any atom is 0.326 e. The number of carbonyl (C=O) groups is 1. The molecule has 2 aromatic carbocycles. The normalized spacial score (nSPS) is 10.9. The van der Waals surface area contributed by atoms with Crippen molar-refractivity contribution in [3.05, 3.63) is 86.9 Å². The predicted octanol–water partition coefficient (Wildman–Crippen LogP) is 4.61. The number of aromatic nitrogens is 2. The van der Waals surface area contributed by atoms with Crippen LogP contribution in [0.3, 0.4) is 0 Å². The van der Waals surface area contributed by atoms with Gasteiger partial charge in [-0.05, 0) is 33.8 Å². The van der Waals surface area contributed by atoms with Crippen molar-refractivity contribution in [2.45, 2.75) is 33.4 Å². The Hall–Kier alpha value is -2.73. The van der Waals surface area contributed by atoms with E-state index in [-0.39, 0.29) is 24.6 Å². The van der Waals surface area contributed by atoms with E-state index in [0.29, 0.717) is 22.4 Å². The van der Waals surface area contributed by atoms with Crippen LogP contribution in [0.1, 0.15) is 25.1 Å². The van der Waals surface area contributed by atoms with Crippen molar-refractivity contribution in [1.82, 2.24) is 9.55 Å². The number of carbonyl (C=O) groups excluding carboxylic acids is 1. The van der Waals surface area contributed by atoms with Crippen molar-refractivity contribution in [1.29, 1.82) is 0 Å². The third-order valence-electron chi connectivity index (χ3n) is 4.37. The summed E-state index contributed by atoms with van der Waals surface area (Å²) in [5.74, 6) is -0.204. The maximum absolute atomic E-state index is 13.1. The molecule has 5 nitrogen and oxygen atoms in total. The lowest BCUT2D eigenvalue weighted by molar-refractivity contribution is -0.145. The minimum Gasteiger partial charge on any atom is -0.459 e. The number of esters is 1. The molecule has 150 valence electrons. The van der Waals surface area contributed by atoms with Gasteiger partial charge in [0.2, 0.25) is 0 Å². The topological polar surface area (TPSA) is 61.2 Å². The van der Waals surface area contributed by atoms with Gasteiger partial charge in [-0.2, -0.15) is 0 Å². The Morgan fingerprint density at radius 3 is 2.31 bits per heavy atom. The first-order valence-electron chi connectivity index (χ1n) is 9.50. The second kappa shape index (κ2) is 9.65. The number of nitrogens with zero attached hydrogens (tertiary/aromatic N) is 2. The van der Waals surface area contributed by atoms with Crippen LogP contribution in [0.5, 0.6) is 0 Å². The van der Waals surface area contributed by atoms with Crippen molar-refractivity contribution in [3.63, 3.8) is 0 Å². The number of hydrogen-bond acceptors (Lipinski definition) is 4. The summed E-state index contributed by atoms with van der Waals surface area (Å²) in [6, 6.07) is 18.9. The van der Waals surface area contributed by atoms with Gasteiger partial charge < -0.3 is 4.74 Å². The summed E-state index contributed by atoms with van der Waals surface area (Å²) in [6.07, 6.45) is 0.533. The minimum absolute atomic E-state index is 0.167. The third-order valence-corrected chi connectivity index (χ3v) is 4.92. The van der Waals surface area contributed by atoms with Gasteiger partial charge in [-0.25, -0.2) is 4.98 Å². The first-order chi connectivity index (χ1) is 14.0. The molecule has 0 saturated carbocycles. The van der Waals surface area contributed by atoms with Crippen molar-refractivity contribution in [2.24, 2.45) is 5.92 Å². The molecule has 3 aromatic rings. The fraction of sp³-hybridized carbons (Fsp3) is 0.261. The van der Waals surface area contributed by atoms with Crippen LogP contribution in [0.25, 0.3) is 11.3 Å². The molecule has 0 aliphatic heterocycles. The molecule has 1 aromatic heterocycles. The van der Waals surface area contributed by atoms with Crippen molar-refractivity contribution in [3.8, 4) is 11.3 Å². The number of benzene rings is 2. The Kier molecular flexibility index (Phi) is 6.99. The zero-order valence-corrected chi connectivity index (χ0v) is 18.1. The SMILES string of the molecule is CC(C)Cc1nc(Br)c(-c2ccccc2)n(CC(=O)OCc2ccccc2)c1=O. The summed E-state index contributed by atoms with van der Waals surface area (Å²) >= 11 is 3.50. The number of ether oxygens (including phenoxy) is 1. The van der Waals surface area contributed by atoms with E-state index < -0.39 is 5.97 Å². The Morgan fingerprint density at radius 2 is 1.69 bits per heavy atom. The molecule has 0 aliphatic carbocycles. The summed E-state index contributed by atoms with van der Waals surface area (Å²) < 4.78 is 7.40. The van der Waals surface area contributed by atoms with Crippen LogP contribution < -0.4 is 5.56 Å². The van der Waals surface area contributed by atoms with E-state index >= 15 is 0 Å². The Balaban J connectivity index is 1.94. The lowest BCUT2D eigenvalue weighted by atomic mass is 10.1. The van der Waals surface area contributed by atoms with Gasteiger partial charge in [-0.3, -0.25) is 14.2 Å². The summed E-state index contributed by atoms with van der Waals surface area (Å²) in [7, 11) is 0. The van der Waals surface area contributed by atoms with Gasteiger partial charge in [-0.1, -0.05) is 74.5 Å². The zero-order valence-electron chi connectivity index (χ0n) is 16.5. The fourth-order valence-corrected chi connectivity index (χ4v) is 3.70. The van der Waals surface area contributed by atoms with Gasteiger partial charge in [0.1, 0.15) is 23.4 Å². The van der Waals surface area contributed by atoms with Crippen LogP contribution in [0.15, 0.2) is 70.1 Å². The highest BCUT2D eigenvalue weighted by atomic mass is 79.9. The van der Waals surface area contributed by atoms with Crippen molar-refractivity contribution in [2.75, 3.05) is 0 Å². The highest BCUT2D eigenvalue weighted by molar-refractivity contribution is 9.10. The molecular weight excluding hydrogens is 432 g/mol. The Morgan fingerprint density at radius 1 is 1.07 bits per heavy atom. The summed E-state index contributed by atoms with van der Waals surface area (Å²) in [5.41, 5.74) is 2.43. The largest absolute Gasteiger partial charge is 0.459 e. The van der Waals surface area contributed by atoms with E-state index in [2.05, 4.69) is 20.9 Å². The maximum atomic E-state index is 13.1. The van der Waals surface area contributed by atoms with E-state index in [0.717, 1.165) is 11.1 Å². The molecule has 0 atom stereocenters. The van der Waals surface area contributed by atoms with Gasteiger partial charge in [-0.15, -0.1) is 0 Å². The van der Waals surface area contributed by atoms with Gasteiger partial charge in [0.25, 0.3) is 5.56 Å². The van der Waals surface area contributed by atoms with Gasteiger partial charge >= 0.3 is 5.97 Å². The quantitative estimate of drug-likeness (QED) is 0.488. The van der Waals surface area contributed by atoms with Crippen molar-refractivity contribution >= 4 is 21.9 Å². The molecule has 0 fully saturated rings. The lowest BCUT2D eigenvalue weighted by Crippen LogP contribution is -2.31. The first-order valence-corrected chi connectivity index (χ1v) is 10.3. The summed E-state index contributed by atoms with van der Waals surface area (Å²) in [4.78, 5) is 30.2. The fourth-order valence-electron chi connectivity index (χ4n) is 3.04. The number of hydrogen-bond donors (Lipinski definition) is 0. The molecule has 1 heterocycles. The van der Waals surface area contributed by atoms with E-state index in [1.807, 2.05) is 74.5 Å². The van der Waals surface area contributed by atoms with Crippen LogP contribution in [-0.4, -0.2) is 15.5 Å². The standard InChI is InChI=1S/C23H23BrN2O3/c1-16(2)13-19-23(28)26(14-20(27)29-15-17-9-5-3-6-10-17)21(22(24)25-19)18-11-7-4-8-12-18/h3-12,16H,13-15H2,1-2H3. The second-order valence-electron chi connectivity index (χ2n) is 7.20. The van der Waals surface area contributed by atoms with Gasteiger partial charge in [0.15, 0.2) is 0 Å². The molecule has 0 unspecified atom stereocenters. The molecule has 0 N–H and O–H groups in total. The molecule has 0 radical (unpaired) electrons. The average Bonchev–Trinajstić information content (AvgIpc) is 2.71.